The molecule has 1 N–H and O–H groups in total. The van der Waals surface area contributed by atoms with Crippen molar-refractivity contribution in [3.63, 3.8) is 0 Å². The molecule has 1 aromatic heterocycles. The Labute approximate surface area is 218 Å². The van der Waals surface area contributed by atoms with Crippen molar-refractivity contribution in [3.05, 3.63) is 84.5 Å². The van der Waals surface area contributed by atoms with Gasteiger partial charge in [0.25, 0.3) is 5.56 Å². The Bertz CT molecular complexity index is 1520. The molecule has 0 aliphatic carbocycles. The number of hydrogen-bond donors (Lipinski definition) is 1. The van der Waals surface area contributed by atoms with Crippen LogP contribution in [0.25, 0.3) is 6.08 Å². The maximum absolute atomic E-state index is 13.8. The highest BCUT2D eigenvalue weighted by atomic mass is 32.1. The van der Waals surface area contributed by atoms with Crippen LogP contribution in [0.3, 0.4) is 0 Å². The molecular formula is C28H30N2O6S. The third kappa shape index (κ3) is 5.32. The number of para-hydroxylation sites is 1. The lowest BCUT2D eigenvalue weighted by atomic mass is 9.95. The number of thiazole rings is 1. The minimum atomic E-state index is -0.760. The zero-order chi connectivity index (χ0) is 26.5. The summed E-state index contributed by atoms with van der Waals surface area (Å²) in [7, 11) is 0. The van der Waals surface area contributed by atoms with E-state index in [0.717, 1.165) is 6.42 Å². The van der Waals surface area contributed by atoms with E-state index < -0.39 is 12.0 Å². The predicted octanol–water partition coefficient (Wildman–Crippen LogP) is 3.69. The van der Waals surface area contributed by atoms with Crippen LogP contribution >= 0.6 is 11.3 Å². The lowest BCUT2D eigenvalue weighted by molar-refractivity contribution is -0.139. The standard InChI is InChI=1S/C28H30N2O6S/c1-5-14-36-21-11-9-8-10-19(21)25-24(27(33)35-7-3)17(4)29-28-30(25)26(32)23(37-28)16-18-12-13-20(31)22(15-18)34-6-2/h8-13,15-16,25,31H,5-7,14H2,1-4H3/b23-16+/t25-/m1/s1. The summed E-state index contributed by atoms with van der Waals surface area (Å²) in [6, 6.07) is 11.6. The van der Waals surface area contributed by atoms with Gasteiger partial charge in [0.2, 0.25) is 0 Å². The summed E-state index contributed by atoms with van der Waals surface area (Å²) in [6.45, 7) is 8.43. The number of esters is 1. The number of hydrogen-bond acceptors (Lipinski definition) is 8. The van der Waals surface area contributed by atoms with Crippen molar-refractivity contribution in [2.75, 3.05) is 19.8 Å². The average Bonchev–Trinajstić information content (AvgIpc) is 3.18. The van der Waals surface area contributed by atoms with Crippen molar-refractivity contribution in [1.29, 1.82) is 0 Å². The van der Waals surface area contributed by atoms with Crippen LogP contribution in [0.2, 0.25) is 0 Å². The molecule has 4 rings (SSSR count). The first-order valence-electron chi connectivity index (χ1n) is 12.3. The van der Waals surface area contributed by atoms with Crippen molar-refractivity contribution in [1.82, 2.24) is 4.57 Å². The molecule has 194 valence electrons. The first-order valence-corrected chi connectivity index (χ1v) is 13.1. The second-order valence-electron chi connectivity index (χ2n) is 8.35. The Balaban J connectivity index is 1.93. The molecule has 37 heavy (non-hydrogen) atoms. The summed E-state index contributed by atoms with van der Waals surface area (Å²) in [5.74, 6) is 0.441. The largest absolute Gasteiger partial charge is 0.504 e. The van der Waals surface area contributed by atoms with E-state index in [1.54, 1.807) is 32.1 Å². The number of benzene rings is 2. The molecule has 1 atom stereocenters. The van der Waals surface area contributed by atoms with E-state index in [1.807, 2.05) is 38.1 Å². The van der Waals surface area contributed by atoms with Crippen molar-refractivity contribution < 1.29 is 24.1 Å². The number of allylic oxidation sites excluding steroid dienone is 1. The lowest BCUT2D eigenvalue weighted by Crippen LogP contribution is -2.40. The van der Waals surface area contributed by atoms with Gasteiger partial charge in [-0.05, 0) is 57.0 Å². The molecule has 0 radical (unpaired) electrons. The van der Waals surface area contributed by atoms with E-state index in [1.165, 1.54) is 22.0 Å². The highest BCUT2D eigenvalue weighted by Crippen LogP contribution is 2.36. The van der Waals surface area contributed by atoms with Crippen LogP contribution in [0, 0.1) is 0 Å². The molecule has 0 bridgehead atoms. The van der Waals surface area contributed by atoms with E-state index in [4.69, 9.17) is 14.2 Å². The zero-order valence-electron chi connectivity index (χ0n) is 21.3. The lowest BCUT2D eigenvalue weighted by Gasteiger charge is -2.26. The molecule has 0 unspecified atom stereocenters. The number of aromatic nitrogens is 1. The Morgan fingerprint density at radius 3 is 2.62 bits per heavy atom. The molecule has 0 fully saturated rings. The second-order valence-corrected chi connectivity index (χ2v) is 9.36. The number of nitrogens with zero attached hydrogens (tertiary/aromatic N) is 2. The van der Waals surface area contributed by atoms with Gasteiger partial charge in [-0.25, -0.2) is 9.79 Å². The molecule has 1 aliphatic heterocycles. The minimum Gasteiger partial charge on any atom is -0.504 e. The van der Waals surface area contributed by atoms with Crippen LogP contribution in [0.4, 0.5) is 0 Å². The number of phenolic OH excluding ortho intramolecular Hbond substituents is 1. The summed E-state index contributed by atoms with van der Waals surface area (Å²) in [6.07, 6.45) is 2.54. The number of rotatable bonds is 9. The third-order valence-corrected chi connectivity index (χ3v) is 6.76. The predicted molar refractivity (Wildman–Crippen MR) is 142 cm³/mol. The molecule has 0 spiro atoms. The fourth-order valence-corrected chi connectivity index (χ4v) is 5.23. The summed E-state index contributed by atoms with van der Waals surface area (Å²) >= 11 is 1.23. The van der Waals surface area contributed by atoms with Crippen molar-refractivity contribution in [2.45, 2.75) is 40.2 Å². The van der Waals surface area contributed by atoms with E-state index in [0.29, 0.717) is 56.4 Å². The van der Waals surface area contributed by atoms with E-state index in [9.17, 15) is 14.7 Å². The first kappa shape index (κ1) is 26.2. The van der Waals surface area contributed by atoms with Gasteiger partial charge in [0.1, 0.15) is 11.8 Å². The maximum Gasteiger partial charge on any atom is 0.338 e. The monoisotopic (exact) mass is 522 g/mol. The van der Waals surface area contributed by atoms with Gasteiger partial charge in [0.05, 0.1) is 35.6 Å². The highest BCUT2D eigenvalue weighted by Gasteiger charge is 2.35. The number of carbonyl (C=O) groups excluding carboxylic acids is 1. The Morgan fingerprint density at radius 2 is 1.89 bits per heavy atom. The van der Waals surface area contributed by atoms with Crippen LogP contribution in [0.5, 0.6) is 17.2 Å². The van der Waals surface area contributed by atoms with Gasteiger partial charge in [-0.3, -0.25) is 9.36 Å². The van der Waals surface area contributed by atoms with Crippen LogP contribution in [-0.2, 0) is 9.53 Å². The van der Waals surface area contributed by atoms with Gasteiger partial charge >= 0.3 is 5.97 Å². The van der Waals surface area contributed by atoms with Gasteiger partial charge in [-0.1, -0.05) is 42.5 Å². The van der Waals surface area contributed by atoms with E-state index in [2.05, 4.69) is 4.99 Å². The minimum absolute atomic E-state index is 0.0267. The molecule has 0 saturated heterocycles. The SMILES string of the molecule is CCCOc1ccccc1[C@@H]1C(C(=O)OCC)=C(C)N=c2s/c(=C/c3ccc(O)c(OCC)c3)c(=O)n21. The smallest absolute Gasteiger partial charge is 0.338 e. The normalized spacial score (nSPS) is 15.2. The molecule has 2 aromatic carbocycles. The van der Waals surface area contributed by atoms with Crippen LogP contribution in [-0.4, -0.2) is 35.5 Å². The second kappa shape index (κ2) is 11.5. The van der Waals surface area contributed by atoms with Crippen LogP contribution in [0.15, 0.2) is 63.5 Å². The molecular weight excluding hydrogens is 492 g/mol. The number of phenols is 1. The third-order valence-electron chi connectivity index (χ3n) is 5.77. The maximum atomic E-state index is 13.8. The van der Waals surface area contributed by atoms with Gasteiger partial charge in [-0.2, -0.15) is 0 Å². The fourth-order valence-electron chi connectivity index (χ4n) is 4.18. The summed E-state index contributed by atoms with van der Waals surface area (Å²) in [4.78, 5) is 32.0. The molecule has 3 aromatic rings. The van der Waals surface area contributed by atoms with Crippen molar-refractivity contribution in [2.24, 2.45) is 4.99 Å². The van der Waals surface area contributed by atoms with E-state index >= 15 is 0 Å². The molecule has 2 heterocycles. The van der Waals surface area contributed by atoms with Gasteiger partial charge < -0.3 is 19.3 Å². The van der Waals surface area contributed by atoms with Crippen LogP contribution < -0.4 is 24.4 Å². The molecule has 1 aliphatic rings. The molecule has 0 saturated carbocycles. The van der Waals surface area contributed by atoms with E-state index in [-0.39, 0.29) is 17.9 Å². The van der Waals surface area contributed by atoms with Gasteiger partial charge in [0, 0.05) is 5.56 Å². The molecule has 8 nitrogen and oxygen atoms in total. The highest BCUT2D eigenvalue weighted by molar-refractivity contribution is 7.07. The van der Waals surface area contributed by atoms with Crippen molar-refractivity contribution in [3.8, 4) is 17.2 Å². The number of aromatic hydroxyl groups is 1. The van der Waals surface area contributed by atoms with Gasteiger partial charge in [0.15, 0.2) is 16.3 Å². The topological polar surface area (TPSA) is 99.4 Å². The van der Waals surface area contributed by atoms with Crippen LogP contribution in [0.1, 0.15) is 51.3 Å². The molecule has 9 heteroatoms. The summed E-state index contributed by atoms with van der Waals surface area (Å²) in [5, 5.41) is 10.0. The Morgan fingerprint density at radius 1 is 1.11 bits per heavy atom. The van der Waals surface area contributed by atoms with Crippen molar-refractivity contribution >= 4 is 23.4 Å². The average molecular weight is 523 g/mol. The Kier molecular flexibility index (Phi) is 8.13. The number of carbonyl (C=O) groups is 1. The number of fused-ring (bicyclic) bond motifs is 1. The van der Waals surface area contributed by atoms with Gasteiger partial charge in [-0.15, -0.1) is 0 Å². The quantitative estimate of drug-likeness (QED) is 0.431. The fraction of sp³-hybridized carbons (Fsp3) is 0.321. The first-order chi connectivity index (χ1) is 17.9. The summed E-state index contributed by atoms with van der Waals surface area (Å²) < 4.78 is 18.8. The summed E-state index contributed by atoms with van der Waals surface area (Å²) in [5.41, 5.74) is 1.88. The molecule has 0 amide bonds. The number of ether oxygens (including phenoxy) is 3. The zero-order valence-corrected chi connectivity index (χ0v) is 22.1. The Hall–Kier alpha value is -3.85.